The van der Waals surface area contributed by atoms with E-state index in [1.807, 2.05) is 24.3 Å². The third kappa shape index (κ3) is 1.86. The number of aromatic nitrogens is 1. The van der Waals surface area contributed by atoms with Crippen LogP contribution in [0.25, 0.3) is 22.2 Å². The number of benzene rings is 2. The van der Waals surface area contributed by atoms with Crippen LogP contribution in [-0.4, -0.2) is 15.9 Å². The van der Waals surface area contributed by atoms with Crippen LogP contribution in [0, 0.1) is 5.82 Å². The van der Waals surface area contributed by atoms with Crippen LogP contribution < -0.4 is 0 Å². The predicted octanol–water partition coefficient (Wildman–Crippen LogP) is 4.17. The third-order valence-corrected chi connectivity index (χ3v) is 3.36. The van der Waals surface area contributed by atoms with Crippen LogP contribution in [0.1, 0.15) is 12.5 Å². The van der Waals surface area contributed by atoms with Crippen molar-refractivity contribution in [2.75, 3.05) is 0 Å². The number of hydrogen-bond donors (Lipinski definition) is 2. The number of nitrogens with one attached hydrogen (secondary N) is 1. The molecule has 0 radical (unpaired) electrons. The summed E-state index contributed by atoms with van der Waals surface area (Å²) in [5.41, 5.74) is 3.12. The quantitative estimate of drug-likeness (QED) is 0.409. The lowest BCUT2D eigenvalue weighted by molar-refractivity contribution is 0.319. The minimum Gasteiger partial charge on any atom is -0.411 e. The average molecular weight is 268 g/mol. The third-order valence-electron chi connectivity index (χ3n) is 3.36. The van der Waals surface area contributed by atoms with E-state index in [1.165, 1.54) is 6.07 Å². The Labute approximate surface area is 115 Å². The van der Waals surface area contributed by atoms with Crippen LogP contribution in [0.5, 0.6) is 0 Å². The zero-order valence-corrected chi connectivity index (χ0v) is 10.9. The Hall–Kier alpha value is -2.62. The summed E-state index contributed by atoms with van der Waals surface area (Å²) in [6.07, 6.45) is 0. The Morgan fingerprint density at radius 2 is 1.80 bits per heavy atom. The molecule has 20 heavy (non-hydrogen) atoms. The molecule has 0 spiro atoms. The summed E-state index contributed by atoms with van der Waals surface area (Å²) in [7, 11) is 0. The van der Waals surface area contributed by atoms with Crippen molar-refractivity contribution < 1.29 is 9.60 Å². The molecule has 2 N–H and O–H groups in total. The maximum Gasteiger partial charge on any atom is 0.132 e. The monoisotopic (exact) mass is 268 g/mol. The number of para-hydroxylation sites is 1. The lowest BCUT2D eigenvalue weighted by atomic mass is 10.0. The van der Waals surface area contributed by atoms with Crippen LogP contribution in [0.3, 0.4) is 0 Å². The summed E-state index contributed by atoms with van der Waals surface area (Å²) < 4.78 is 14.0. The highest BCUT2D eigenvalue weighted by Gasteiger charge is 2.17. The fourth-order valence-electron chi connectivity index (χ4n) is 2.43. The van der Waals surface area contributed by atoms with Gasteiger partial charge in [0, 0.05) is 22.0 Å². The number of H-pyrrole nitrogens is 1. The van der Waals surface area contributed by atoms with E-state index in [0.29, 0.717) is 22.5 Å². The predicted molar refractivity (Wildman–Crippen MR) is 77.7 cm³/mol. The molecule has 0 amide bonds. The average Bonchev–Trinajstić information content (AvgIpc) is 2.86. The largest absolute Gasteiger partial charge is 0.411 e. The molecule has 0 aliphatic carbocycles. The van der Waals surface area contributed by atoms with Crippen molar-refractivity contribution in [1.29, 1.82) is 0 Å². The van der Waals surface area contributed by atoms with Gasteiger partial charge in [0.2, 0.25) is 0 Å². The van der Waals surface area contributed by atoms with Crippen molar-refractivity contribution in [2.45, 2.75) is 6.92 Å². The molecule has 3 nitrogen and oxygen atoms in total. The Kier molecular flexibility index (Phi) is 2.99. The Morgan fingerprint density at radius 1 is 1.10 bits per heavy atom. The van der Waals surface area contributed by atoms with Gasteiger partial charge in [0.1, 0.15) is 5.82 Å². The first-order chi connectivity index (χ1) is 9.72. The van der Waals surface area contributed by atoms with Gasteiger partial charge >= 0.3 is 0 Å². The van der Waals surface area contributed by atoms with Gasteiger partial charge in [0.05, 0.1) is 11.4 Å². The highest BCUT2D eigenvalue weighted by Crippen LogP contribution is 2.32. The van der Waals surface area contributed by atoms with Crippen molar-refractivity contribution in [2.24, 2.45) is 5.16 Å². The number of aromatic amines is 1. The SMILES string of the molecule is C/C(=N/O)c1c(-c2ccccc2F)[nH]c2ccccc12. The van der Waals surface area contributed by atoms with Gasteiger partial charge in [-0.3, -0.25) is 0 Å². The van der Waals surface area contributed by atoms with Gasteiger partial charge in [-0.25, -0.2) is 4.39 Å². The second kappa shape index (κ2) is 4.81. The Bertz CT molecular complexity index is 805. The van der Waals surface area contributed by atoms with E-state index in [1.54, 1.807) is 25.1 Å². The molecule has 0 aliphatic rings. The van der Waals surface area contributed by atoms with Gasteiger partial charge in [-0.05, 0) is 25.1 Å². The first kappa shape index (κ1) is 12.4. The van der Waals surface area contributed by atoms with Crippen LogP contribution in [-0.2, 0) is 0 Å². The van der Waals surface area contributed by atoms with Crippen LogP contribution in [0.15, 0.2) is 53.7 Å². The van der Waals surface area contributed by atoms with Crippen molar-refractivity contribution in [3.8, 4) is 11.3 Å². The zero-order valence-electron chi connectivity index (χ0n) is 10.9. The van der Waals surface area contributed by atoms with Crippen LogP contribution >= 0.6 is 0 Å². The highest BCUT2D eigenvalue weighted by molar-refractivity contribution is 6.14. The molecule has 100 valence electrons. The van der Waals surface area contributed by atoms with E-state index in [4.69, 9.17) is 5.21 Å². The molecule has 0 saturated carbocycles. The van der Waals surface area contributed by atoms with Crippen LogP contribution in [0.4, 0.5) is 4.39 Å². The molecule has 2 aromatic carbocycles. The maximum absolute atomic E-state index is 14.0. The summed E-state index contributed by atoms with van der Waals surface area (Å²) in [6, 6.07) is 14.2. The second-order valence-electron chi connectivity index (χ2n) is 4.59. The standard InChI is InChI=1S/C16H13FN2O/c1-10(19-20)15-12-7-3-5-9-14(12)18-16(15)11-6-2-4-8-13(11)17/h2-9,18,20H,1H3/b19-10-. The minimum atomic E-state index is -0.314. The van der Waals surface area contributed by atoms with E-state index >= 15 is 0 Å². The molecule has 0 fully saturated rings. The number of nitrogens with zero attached hydrogens (tertiary/aromatic N) is 1. The molecule has 0 aliphatic heterocycles. The normalized spacial score (nSPS) is 12.0. The van der Waals surface area contributed by atoms with E-state index in [9.17, 15) is 4.39 Å². The number of rotatable bonds is 2. The van der Waals surface area contributed by atoms with Crippen LogP contribution in [0.2, 0.25) is 0 Å². The topological polar surface area (TPSA) is 48.4 Å². The van der Waals surface area contributed by atoms with Gasteiger partial charge in [-0.15, -0.1) is 0 Å². The number of fused-ring (bicyclic) bond motifs is 1. The summed E-state index contributed by atoms with van der Waals surface area (Å²) in [6.45, 7) is 1.69. The van der Waals surface area contributed by atoms with E-state index in [0.717, 1.165) is 10.9 Å². The molecule has 3 aromatic rings. The summed E-state index contributed by atoms with van der Waals surface area (Å²) >= 11 is 0. The summed E-state index contributed by atoms with van der Waals surface area (Å²) in [5, 5.41) is 13.3. The molecular formula is C16H13FN2O. The Balaban J connectivity index is 2.39. The van der Waals surface area contributed by atoms with Gasteiger partial charge < -0.3 is 10.2 Å². The highest BCUT2D eigenvalue weighted by atomic mass is 19.1. The van der Waals surface area contributed by atoms with E-state index in [2.05, 4.69) is 10.1 Å². The summed E-state index contributed by atoms with van der Waals surface area (Å²) in [5.74, 6) is -0.314. The van der Waals surface area contributed by atoms with Gasteiger partial charge in [-0.1, -0.05) is 35.5 Å². The van der Waals surface area contributed by atoms with E-state index in [-0.39, 0.29) is 5.82 Å². The van der Waals surface area contributed by atoms with Gasteiger partial charge in [-0.2, -0.15) is 0 Å². The molecule has 0 saturated heterocycles. The minimum absolute atomic E-state index is 0.314. The Morgan fingerprint density at radius 3 is 2.55 bits per heavy atom. The van der Waals surface area contributed by atoms with Crippen molar-refractivity contribution in [3.05, 3.63) is 59.9 Å². The maximum atomic E-state index is 14.0. The van der Waals surface area contributed by atoms with E-state index < -0.39 is 0 Å². The fraction of sp³-hybridized carbons (Fsp3) is 0.0625. The zero-order chi connectivity index (χ0) is 14.1. The van der Waals surface area contributed by atoms with Gasteiger partial charge in [0.15, 0.2) is 0 Å². The summed E-state index contributed by atoms with van der Waals surface area (Å²) in [4.78, 5) is 3.20. The molecule has 3 rings (SSSR count). The second-order valence-corrected chi connectivity index (χ2v) is 4.59. The molecule has 0 atom stereocenters. The van der Waals surface area contributed by atoms with Crippen molar-refractivity contribution in [3.63, 3.8) is 0 Å². The number of oxime groups is 1. The van der Waals surface area contributed by atoms with Crippen molar-refractivity contribution >= 4 is 16.6 Å². The molecule has 0 unspecified atom stereocenters. The molecule has 1 aromatic heterocycles. The lowest BCUT2D eigenvalue weighted by Gasteiger charge is -2.04. The molecule has 1 heterocycles. The fourth-order valence-corrected chi connectivity index (χ4v) is 2.43. The van der Waals surface area contributed by atoms with Gasteiger partial charge in [0.25, 0.3) is 0 Å². The smallest absolute Gasteiger partial charge is 0.132 e. The molecular weight excluding hydrogens is 255 g/mol. The first-order valence-electron chi connectivity index (χ1n) is 6.27. The molecule has 0 bridgehead atoms. The van der Waals surface area contributed by atoms with Crippen molar-refractivity contribution in [1.82, 2.24) is 4.98 Å². The molecule has 4 heteroatoms. The number of halogens is 1. The number of hydrogen-bond acceptors (Lipinski definition) is 2. The lowest BCUT2D eigenvalue weighted by Crippen LogP contribution is -1.97. The first-order valence-corrected chi connectivity index (χ1v) is 6.27.